The maximum absolute atomic E-state index is 12.9. The van der Waals surface area contributed by atoms with E-state index in [0.29, 0.717) is 21.0 Å². The number of hydrogen-bond donors (Lipinski definition) is 0. The lowest BCUT2D eigenvalue weighted by Gasteiger charge is -2.19. The number of nitrogens with zero attached hydrogens (tertiary/aromatic N) is 2. The van der Waals surface area contributed by atoms with Crippen molar-refractivity contribution in [1.82, 2.24) is 3.96 Å². The summed E-state index contributed by atoms with van der Waals surface area (Å²) in [7, 11) is 1.53. The van der Waals surface area contributed by atoms with Gasteiger partial charge in [-0.3, -0.25) is 8.75 Å². The Balaban J connectivity index is 2.02. The van der Waals surface area contributed by atoms with Gasteiger partial charge in [0.1, 0.15) is 10.4 Å². The summed E-state index contributed by atoms with van der Waals surface area (Å²) < 4.78 is 13.9. The summed E-state index contributed by atoms with van der Waals surface area (Å²) in [5.41, 5.74) is 1.32. The van der Waals surface area contributed by atoms with E-state index in [2.05, 4.69) is 35.9 Å². The van der Waals surface area contributed by atoms with Crippen molar-refractivity contribution in [2.75, 3.05) is 13.7 Å². The van der Waals surface area contributed by atoms with Crippen molar-refractivity contribution in [3.05, 3.63) is 45.2 Å². The van der Waals surface area contributed by atoms with E-state index in [4.69, 9.17) is 21.1 Å². The number of benzene rings is 1. The third kappa shape index (κ3) is 4.81. The molecular formula is C20H25ClN2O3S. The van der Waals surface area contributed by atoms with Crippen LogP contribution in [0.2, 0.25) is 5.02 Å². The Labute approximate surface area is 168 Å². The lowest BCUT2D eigenvalue weighted by Crippen LogP contribution is -2.18. The first-order valence-corrected chi connectivity index (χ1v) is 10.2. The maximum Gasteiger partial charge on any atom is 0.282 e. The molecule has 1 aliphatic rings. The van der Waals surface area contributed by atoms with Gasteiger partial charge in [-0.25, -0.2) is 0 Å². The van der Waals surface area contributed by atoms with Crippen LogP contribution < -0.4 is 9.41 Å². The van der Waals surface area contributed by atoms with Gasteiger partial charge in [0.15, 0.2) is 0 Å². The third-order valence-corrected chi connectivity index (χ3v) is 6.07. The summed E-state index contributed by atoms with van der Waals surface area (Å²) in [4.78, 5) is 17.3. The standard InChI is InChI=1S/C20H25ClN2O3S/c1-20(2,3)23-12-13(10-15-6-5-9-26-15)19(27-23)22-18(24)16-11-14(21)7-8-17(16)25-4/h7-8,11-12,15H,5-6,9-10H2,1-4H3. The van der Waals surface area contributed by atoms with Gasteiger partial charge in [0.25, 0.3) is 5.91 Å². The monoisotopic (exact) mass is 408 g/mol. The maximum atomic E-state index is 12.9. The van der Waals surface area contributed by atoms with Crippen LogP contribution in [0.25, 0.3) is 0 Å². The second-order valence-electron chi connectivity index (χ2n) is 7.65. The molecule has 0 spiro atoms. The highest BCUT2D eigenvalue weighted by molar-refractivity contribution is 7.04. The molecule has 5 nitrogen and oxygen atoms in total. The van der Waals surface area contributed by atoms with Crippen molar-refractivity contribution < 1.29 is 14.3 Å². The molecule has 0 saturated carbocycles. The van der Waals surface area contributed by atoms with Crippen LogP contribution in [-0.2, 0) is 16.7 Å². The summed E-state index contributed by atoms with van der Waals surface area (Å²) in [6, 6.07) is 4.97. The summed E-state index contributed by atoms with van der Waals surface area (Å²) in [5, 5.41) is 0.477. The average molecular weight is 409 g/mol. The van der Waals surface area contributed by atoms with E-state index in [1.807, 2.05) is 0 Å². The van der Waals surface area contributed by atoms with Gasteiger partial charge in [0.05, 0.1) is 18.8 Å². The van der Waals surface area contributed by atoms with Crippen molar-refractivity contribution in [1.29, 1.82) is 0 Å². The average Bonchev–Trinajstić information content (AvgIpc) is 3.25. The van der Waals surface area contributed by atoms with Gasteiger partial charge in [-0.2, -0.15) is 4.99 Å². The van der Waals surface area contributed by atoms with Crippen LogP contribution in [0.5, 0.6) is 5.75 Å². The minimum atomic E-state index is -0.356. The molecule has 0 N–H and O–H groups in total. The molecule has 1 saturated heterocycles. The van der Waals surface area contributed by atoms with E-state index in [1.165, 1.54) is 18.6 Å². The van der Waals surface area contributed by atoms with Gasteiger partial charge < -0.3 is 9.47 Å². The van der Waals surface area contributed by atoms with Gasteiger partial charge in [-0.1, -0.05) is 11.6 Å². The molecule has 1 fully saturated rings. The van der Waals surface area contributed by atoms with Crippen LogP contribution in [0.3, 0.4) is 0 Å². The lowest BCUT2D eigenvalue weighted by molar-refractivity contribution is 0.0994. The fourth-order valence-corrected chi connectivity index (χ4v) is 4.18. The predicted octanol–water partition coefficient (Wildman–Crippen LogP) is 4.43. The number of carbonyl (C=O) groups excluding carboxylic acids is 1. The smallest absolute Gasteiger partial charge is 0.282 e. The SMILES string of the molecule is COc1ccc(Cl)cc1C(=O)N=c1sn(C(C)(C)C)cc1CC1CCCO1. The number of aromatic nitrogens is 1. The van der Waals surface area contributed by atoms with Crippen LogP contribution in [0.4, 0.5) is 0 Å². The molecule has 27 heavy (non-hydrogen) atoms. The van der Waals surface area contributed by atoms with E-state index < -0.39 is 0 Å². The Kier molecular flexibility index (Phi) is 6.08. The molecule has 1 aromatic heterocycles. The molecule has 1 aliphatic heterocycles. The Morgan fingerprint density at radius 3 is 2.85 bits per heavy atom. The molecule has 0 aliphatic carbocycles. The van der Waals surface area contributed by atoms with Gasteiger partial charge in [-0.05, 0) is 63.3 Å². The molecule has 3 rings (SSSR count). The third-order valence-electron chi connectivity index (χ3n) is 4.46. The van der Waals surface area contributed by atoms with Gasteiger partial charge in [0.2, 0.25) is 0 Å². The Morgan fingerprint density at radius 2 is 2.22 bits per heavy atom. The molecule has 7 heteroatoms. The van der Waals surface area contributed by atoms with Crippen LogP contribution in [0.1, 0.15) is 49.5 Å². The van der Waals surface area contributed by atoms with Crippen LogP contribution in [-0.4, -0.2) is 29.7 Å². The first-order chi connectivity index (χ1) is 12.8. The number of ether oxygens (including phenoxy) is 2. The topological polar surface area (TPSA) is 52.8 Å². The molecular weight excluding hydrogens is 384 g/mol. The van der Waals surface area contributed by atoms with E-state index in [9.17, 15) is 4.79 Å². The van der Waals surface area contributed by atoms with Gasteiger partial charge in [-0.15, -0.1) is 0 Å². The zero-order chi connectivity index (χ0) is 19.6. The fourth-order valence-electron chi connectivity index (χ4n) is 2.99. The molecule has 0 bridgehead atoms. The predicted molar refractivity (Wildman–Crippen MR) is 108 cm³/mol. The van der Waals surface area contributed by atoms with Gasteiger partial charge in [0, 0.05) is 35.3 Å². The summed E-state index contributed by atoms with van der Waals surface area (Å²) in [6.45, 7) is 7.19. The molecule has 2 aromatic rings. The number of rotatable bonds is 4. The zero-order valence-electron chi connectivity index (χ0n) is 16.1. The number of hydrogen-bond acceptors (Lipinski definition) is 4. The Hall–Kier alpha value is -1.63. The van der Waals surface area contributed by atoms with Crippen molar-refractivity contribution >= 4 is 29.0 Å². The quantitative estimate of drug-likeness (QED) is 0.751. The minimum Gasteiger partial charge on any atom is -0.496 e. The highest BCUT2D eigenvalue weighted by Gasteiger charge is 2.22. The molecule has 146 valence electrons. The molecule has 0 radical (unpaired) electrons. The summed E-state index contributed by atoms with van der Waals surface area (Å²) in [6.07, 6.45) is 5.17. The van der Waals surface area contributed by atoms with E-state index in [-0.39, 0.29) is 17.6 Å². The lowest BCUT2D eigenvalue weighted by atomic mass is 10.1. The molecule has 1 amide bonds. The van der Waals surface area contributed by atoms with Crippen molar-refractivity contribution in [2.24, 2.45) is 4.99 Å². The molecule has 1 unspecified atom stereocenters. The first-order valence-electron chi connectivity index (χ1n) is 9.04. The molecule has 2 heterocycles. The number of halogens is 1. The molecule has 1 aromatic carbocycles. The van der Waals surface area contributed by atoms with Crippen LogP contribution >= 0.6 is 23.1 Å². The normalized spacial score (nSPS) is 18.1. The fraction of sp³-hybridized carbons (Fsp3) is 0.500. The number of carbonyl (C=O) groups is 1. The van der Waals surface area contributed by atoms with E-state index >= 15 is 0 Å². The van der Waals surface area contributed by atoms with E-state index in [0.717, 1.165) is 31.4 Å². The minimum absolute atomic E-state index is 0.0828. The van der Waals surface area contributed by atoms with Crippen LogP contribution in [0, 0.1) is 0 Å². The van der Waals surface area contributed by atoms with Crippen molar-refractivity contribution in [3.8, 4) is 5.75 Å². The Morgan fingerprint density at radius 1 is 1.44 bits per heavy atom. The summed E-state index contributed by atoms with van der Waals surface area (Å²) in [5.74, 6) is 0.111. The van der Waals surface area contributed by atoms with Crippen molar-refractivity contribution in [2.45, 2.75) is 51.7 Å². The zero-order valence-corrected chi connectivity index (χ0v) is 17.7. The number of methoxy groups -OCH3 is 1. The second kappa shape index (κ2) is 8.17. The first kappa shape index (κ1) is 20.1. The Bertz CT molecular complexity index is 889. The molecule has 1 atom stereocenters. The largest absolute Gasteiger partial charge is 0.496 e. The highest BCUT2D eigenvalue weighted by atomic mass is 35.5. The summed E-state index contributed by atoms with van der Waals surface area (Å²) >= 11 is 7.55. The van der Waals surface area contributed by atoms with Crippen LogP contribution in [0.15, 0.2) is 29.4 Å². The second-order valence-corrected chi connectivity index (χ2v) is 9.05. The van der Waals surface area contributed by atoms with E-state index in [1.54, 1.807) is 18.2 Å². The van der Waals surface area contributed by atoms with Gasteiger partial charge >= 0.3 is 0 Å². The number of amides is 1. The van der Waals surface area contributed by atoms with Crippen molar-refractivity contribution in [3.63, 3.8) is 0 Å². The highest BCUT2D eigenvalue weighted by Crippen LogP contribution is 2.24.